The zero-order valence-corrected chi connectivity index (χ0v) is 12.0. The highest BCUT2D eigenvalue weighted by molar-refractivity contribution is 9.10. The number of hydrogen-bond donors (Lipinski definition) is 2. The van der Waals surface area contributed by atoms with E-state index in [2.05, 4.69) is 45.5 Å². The van der Waals surface area contributed by atoms with Gasteiger partial charge in [-0.1, -0.05) is 28.1 Å². The van der Waals surface area contributed by atoms with Gasteiger partial charge in [0.2, 0.25) is 0 Å². The average molecular weight is 314 g/mol. The normalized spacial score (nSPS) is 16.8. The van der Waals surface area contributed by atoms with Crippen molar-refractivity contribution in [2.75, 3.05) is 26.4 Å². The van der Waals surface area contributed by atoms with E-state index in [1.807, 2.05) is 0 Å². The van der Waals surface area contributed by atoms with Gasteiger partial charge in [0.05, 0.1) is 19.8 Å². The van der Waals surface area contributed by atoms with Gasteiger partial charge in [-0.05, 0) is 36.5 Å². The number of aliphatic hydroxyl groups is 1. The monoisotopic (exact) mass is 313 g/mol. The second-order valence-corrected chi connectivity index (χ2v) is 5.57. The van der Waals surface area contributed by atoms with Crippen molar-refractivity contribution in [2.45, 2.75) is 18.9 Å². The van der Waals surface area contributed by atoms with Crippen LogP contribution in [-0.2, 0) is 4.74 Å². The van der Waals surface area contributed by atoms with E-state index in [1.165, 1.54) is 18.4 Å². The molecule has 0 saturated heterocycles. The van der Waals surface area contributed by atoms with Crippen molar-refractivity contribution in [2.24, 2.45) is 5.92 Å². The lowest BCUT2D eigenvalue weighted by Crippen LogP contribution is -2.27. The molecule has 1 aliphatic carbocycles. The number of nitrogens with one attached hydrogen (secondary N) is 1. The predicted octanol–water partition coefficient (Wildman–Crippen LogP) is 2.50. The Morgan fingerprint density at radius 3 is 2.61 bits per heavy atom. The zero-order chi connectivity index (χ0) is 12.8. The summed E-state index contributed by atoms with van der Waals surface area (Å²) in [6, 6.07) is 8.97. The fourth-order valence-corrected chi connectivity index (χ4v) is 2.37. The van der Waals surface area contributed by atoms with Gasteiger partial charge in [0.25, 0.3) is 0 Å². The molecule has 18 heavy (non-hydrogen) atoms. The van der Waals surface area contributed by atoms with Crippen LogP contribution in [0.25, 0.3) is 0 Å². The third-order valence-electron chi connectivity index (χ3n) is 3.17. The molecule has 2 rings (SSSR count). The highest BCUT2D eigenvalue weighted by Gasteiger charge is 2.31. The van der Waals surface area contributed by atoms with E-state index in [-0.39, 0.29) is 6.61 Å². The van der Waals surface area contributed by atoms with Gasteiger partial charge in [-0.25, -0.2) is 0 Å². The summed E-state index contributed by atoms with van der Waals surface area (Å²) >= 11 is 3.46. The number of halogens is 1. The molecular formula is C14H20BrNO2. The summed E-state index contributed by atoms with van der Waals surface area (Å²) in [6.45, 7) is 2.00. The molecule has 0 amide bonds. The maximum atomic E-state index is 8.63. The van der Waals surface area contributed by atoms with Gasteiger partial charge in [-0.3, -0.25) is 0 Å². The molecule has 1 atom stereocenters. The first-order valence-electron chi connectivity index (χ1n) is 6.48. The van der Waals surface area contributed by atoms with E-state index >= 15 is 0 Å². The molecule has 1 aromatic rings. The second kappa shape index (κ2) is 7.24. The van der Waals surface area contributed by atoms with Crippen LogP contribution in [-0.4, -0.2) is 31.5 Å². The van der Waals surface area contributed by atoms with Crippen LogP contribution in [0.15, 0.2) is 28.7 Å². The van der Waals surface area contributed by atoms with Crippen LogP contribution >= 0.6 is 15.9 Å². The molecule has 0 bridgehead atoms. The third-order valence-corrected chi connectivity index (χ3v) is 3.70. The third kappa shape index (κ3) is 4.35. The molecule has 100 valence electrons. The predicted molar refractivity (Wildman–Crippen MR) is 75.5 cm³/mol. The van der Waals surface area contributed by atoms with Crippen LogP contribution in [0.2, 0.25) is 0 Å². The Labute approximate surface area is 117 Å². The summed E-state index contributed by atoms with van der Waals surface area (Å²) in [5.41, 5.74) is 1.35. The van der Waals surface area contributed by atoms with Crippen molar-refractivity contribution >= 4 is 15.9 Å². The van der Waals surface area contributed by atoms with Crippen LogP contribution in [0.1, 0.15) is 24.4 Å². The second-order valence-electron chi connectivity index (χ2n) is 4.66. The first kappa shape index (κ1) is 14.0. The molecular weight excluding hydrogens is 294 g/mol. The minimum absolute atomic E-state index is 0.0960. The molecule has 1 aromatic carbocycles. The largest absolute Gasteiger partial charge is 0.394 e. The number of rotatable bonds is 8. The summed E-state index contributed by atoms with van der Waals surface area (Å²) in [6.07, 6.45) is 2.62. The molecule has 1 fully saturated rings. The van der Waals surface area contributed by atoms with Crippen molar-refractivity contribution in [3.8, 4) is 0 Å². The fourth-order valence-electron chi connectivity index (χ4n) is 2.11. The lowest BCUT2D eigenvalue weighted by Gasteiger charge is -2.19. The molecule has 0 radical (unpaired) electrons. The Balaban J connectivity index is 1.82. The van der Waals surface area contributed by atoms with Gasteiger partial charge in [-0.2, -0.15) is 0 Å². The highest BCUT2D eigenvalue weighted by Crippen LogP contribution is 2.41. The first-order chi connectivity index (χ1) is 8.81. The standard InChI is InChI=1S/C14H20BrNO2/c15-13-5-3-12(4-6-13)14(11-1-2-11)16-7-9-18-10-8-17/h3-6,11,14,16-17H,1-2,7-10H2. The Morgan fingerprint density at radius 2 is 2.00 bits per heavy atom. The molecule has 0 spiro atoms. The van der Waals surface area contributed by atoms with E-state index in [9.17, 15) is 0 Å². The fraction of sp³-hybridized carbons (Fsp3) is 0.571. The molecule has 0 aromatic heterocycles. The van der Waals surface area contributed by atoms with Gasteiger partial charge in [-0.15, -0.1) is 0 Å². The van der Waals surface area contributed by atoms with Gasteiger partial charge >= 0.3 is 0 Å². The maximum absolute atomic E-state index is 8.63. The Hall–Kier alpha value is -0.420. The van der Waals surface area contributed by atoms with E-state index < -0.39 is 0 Å². The number of ether oxygens (including phenoxy) is 1. The minimum Gasteiger partial charge on any atom is -0.394 e. The van der Waals surface area contributed by atoms with Crippen LogP contribution in [0.4, 0.5) is 0 Å². The Kier molecular flexibility index (Phi) is 5.63. The van der Waals surface area contributed by atoms with Crippen molar-refractivity contribution in [1.82, 2.24) is 5.32 Å². The SMILES string of the molecule is OCCOCCNC(c1ccc(Br)cc1)C1CC1. The van der Waals surface area contributed by atoms with Crippen LogP contribution in [0, 0.1) is 5.92 Å². The van der Waals surface area contributed by atoms with Crippen molar-refractivity contribution in [1.29, 1.82) is 0 Å². The summed E-state index contributed by atoms with van der Waals surface area (Å²) in [7, 11) is 0. The van der Waals surface area contributed by atoms with Crippen LogP contribution in [0.3, 0.4) is 0 Å². The van der Waals surface area contributed by atoms with Gasteiger partial charge in [0, 0.05) is 17.1 Å². The topological polar surface area (TPSA) is 41.5 Å². The van der Waals surface area contributed by atoms with E-state index in [4.69, 9.17) is 9.84 Å². The number of hydrogen-bond acceptors (Lipinski definition) is 3. The van der Waals surface area contributed by atoms with E-state index in [1.54, 1.807) is 0 Å². The molecule has 4 heteroatoms. The lowest BCUT2D eigenvalue weighted by molar-refractivity contribution is 0.0922. The van der Waals surface area contributed by atoms with Crippen molar-refractivity contribution < 1.29 is 9.84 Å². The number of aliphatic hydroxyl groups excluding tert-OH is 1. The molecule has 0 heterocycles. The van der Waals surface area contributed by atoms with Crippen LogP contribution in [0.5, 0.6) is 0 Å². The molecule has 2 N–H and O–H groups in total. The van der Waals surface area contributed by atoms with E-state index in [0.717, 1.165) is 16.9 Å². The van der Waals surface area contributed by atoms with Crippen LogP contribution < -0.4 is 5.32 Å². The van der Waals surface area contributed by atoms with Gasteiger partial charge < -0.3 is 15.2 Å². The van der Waals surface area contributed by atoms with Crippen molar-refractivity contribution in [3.63, 3.8) is 0 Å². The summed E-state index contributed by atoms with van der Waals surface area (Å²) in [5.74, 6) is 0.768. The quantitative estimate of drug-likeness (QED) is 0.725. The summed E-state index contributed by atoms with van der Waals surface area (Å²) < 4.78 is 6.39. The molecule has 1 unspecified atom stereocenters. The molecule has 1 saturated carbocycles. The Bertz CT molecular complexity index is 351. The molecule has 0 aliphatic heterocycles. The summed E-state index contributed by atoms with van der Waals surface area (Å²) in [4.78, 5) is 0. The lowest BCUT2D eigenvalue weighted by atomic mass is 10.0. The minimum atomic E-state index is 0.0960. The summed E-state index contributed by atoms with van der Waals surface area (Å²) in [5, 5.41) is 12.2. The Morgan fingerprint density at radius 1 is 1.28 bits per heavy atom. The smallest absolute Gasteiger partial charge is 0.0698 e. The first-order valence-corrected chi connectivity index (χ1v) is 7.28. The molecule has 3 nitrogen and oxygen atoms in total. The van der Waals surface area contributed by atoms with Gasteiger partial charge in [0.15, 0.2) is 0 Å². The highest BCUT2D eigenvalue weighted by atomic mass is 79.9. The zero-order valence-electron chi connectivity index (χ0n) is 10.4. The van der Waals surface area contributed by atoms with Gasteiger partial charge in [0.1, 0.15) is 0 Å². The number of benzene rings is 1. The van der Waals surface area contributed by atoms with Crippen molar-refractivity contribution in [3.05, 3.63) is 34.3 Å². The maximum Gasteiger partial charge on any atom is 0.0698 e. The average Bonchev–Trinajstić information content (AvgIpc) is 3.20. The van der Waals surface area contributed by atoms with E-state index in [0.29, 0.717) is 19.3 Å². The molecule has 1 aliphatic rings.